The molecule has 0 radical (unpaired) electrons. The monoisotopic (exact) mass is 330 g/mol. The summed E-state index contributed by atoms with van der Waals surface area (Å²) in [4.78, 5) is 5.94. The van der Waals surface area contributed by atoms with E-state index in [0.29, 0.717) is 0 Å². The van der Waals surface area contributed by atoms with E-state index in [1.165, 1.54) is 27.7 Å². The fourth-order valence-corrected chi connectivity index (χ4v) is 4.23. The van der Waals surface area contributed by atoms with Crippen LogP contribution in [0.3, 0.4) is 0 Å². The Hall–Kier alpha value is -1.36. The summed E-state index contributed by atoms with van der Waals surface area (Å²) in [6, 6.07) is 6.52. The molecule has 0 aliphatic carbocycles. The maximum Gasteiger partial charge on any atom is 0.0642 e. The highest BCUT2D eigenvalue weighted by Gasteiger charge is 2.41. The lowest BCUT2D eigenvalue weighted by molar-refractivity contribution is -0.0821. The molecule has 1 saturated heterocycles. The molecule has 24 heavy (non-hydrogen) atoms. The van der Waals surface area contributed by atoms with E-state index < -0.39 is 6.10 Å². The van der Waals surface area contributed by atoms with Crippen molar-refractivity contribution in [3.63, 3.8) is 0 Å². The summed E-state index contributed by atoms with van der Waals surface area (Å²) in [5.74, 6) is 0. The quantitative estimate of drug-likeness (QED) is 0.789. The minimum Gasteiger partial charge on any atom is -0.396 e. The topological polar surface area (TPSA) is 59.5 Å². The van der Waals surface area contributed by atoms with E-state index in [1.807, 2.05) is 0 Å². The number of likely N-dealkylation sites (tertiary alicyclic amines) is 1. The number of aryl methyl sites for hydroxylation is 2. The Labute approximate surface area is 144 Å². The molecular formula is C20H30N2O2. The number of aromatic amines is 1. The van der Waals surface area contributed by atoms with E-state index in [4.69, 9.17) is 0 Å². The Balaban J connectivity index is 1.82. The molecule has 0 bridgehead atoms. The molecule has 132 valence electrons. The zero-order valence-electron chi connectivity index (χ0n) is 15.1. The first-order chi connectivity index (χ1) is 11.5. The smallest absolute Gasteiger partial charge is 0.0642 e. The summed E-state index contributed by atoms with van der Waals surface area (Å²) in [5.41, 5.74) is 4.65. The molecule has 1 aliphatic rings. The number of aliphatic hydroxyl groups is 2. The minimum absolute atomic E-state index is 0.0589. The SMILES string of the molecule is CCC[C@@]1(CO)CN(Cc2[nH]c3ccc(C)cc3c2C)CC[C@@H]1O. The number of aliphatic hydroxyl groups excluding tert-OH is 2. The van der Waals surface area contributed by atoms with Gasteiger partial charge in [0, 0.05) is 41.6 Å². The second-order valence-electron chi connectivity index (χ2n) is 7.56. The third kappa shape index (κ3) is 3.10. The van der Waals surface area contributed by atoms with E-state index in [0.717, 1.165) is 38.9 Å². The summed E-state index contributed by atoms with van der Waals surface area (Å²) in [6.45, 7) is 8.96. The molecule has 3 N–H and O–H groups in total. The predicted molar refractivity (Wildman–Crippen MR) is 98.1 cm³/mol. The Bertz CT molecular complexity index is 709. The normalized spacial score (nSPS) is 25.5. The van der Waals surface area contributed by atoms with E-state index >= 15 is 0 Å². The minimum atomic E-state index is -0.398. The van der Waals surface area contributed by atoms with Gasteiger partial charge in [0.1, 0.15) is 0 Å². The van der Waals surface area contributed by atoms with E-state index in [2.05, 4.69) is 48.9 Å². The molecule has 4 heteroatoms. The highest BCUT2D eigenvalue weighted by atomic mass is 16.3. The Morgan fingerprint density at radius 2 is 2.12 bits per heavy atom. The van der Waals surface area contributed by atoms with Crippen LogP contribution in [0.4, 0.5) is 0 Å². The van der Waals surface area contributed by atoms with Crippen molar-refractivity contribution in [2.45, 2.75) is 52.7 Å². The molecule has 1 aromatic carbocycles. The lowest BCUT2D eigenvalue weighted by Gasteiger charge is -2.45. The van der Waals surface area contributed by atoms with Gasteiger partial charge in [-0.3, -0.25) is 4.90 Å². The fourth-order valence-electron chi connectivity index (χ4n) is 4.23. The van der Waals surface area contributed by atoms with Gasteiger partial charge in [0.05, 0.1) is 12.7 Å². The van der Waals surface area contributed by atoms with Crippen LogP contribution in [0, 0.1) is 19.3 Å². The number of rotatable bonds is 5. The maximum atomic E-state index is 10.4. The first kappa shape index (κ1) is 17.5. The van der Waals surface area contributed by atoms with Crippen LogP contribution in [0.5, 0.6) is 0 Å². The van der Waals surface area contributed by atoms with E-state index in [9.17, 15) is 10.2 Å². The number of H-pyrrole nitrogens is 1. The van der Waals surface area contributed by atoms with Gasteiger partial charge in [0.25, 0.3) is 0 Å². The molecule has 0 amide bonds. The molecule has 1 aromatic heterocycles. The zero-order valence-corrected chi connectivity index (χ0v) is 15.1. The van der Waals surface area contributed by atoms with Gasteiger partial charge in [-0.25, -0.2) is 0 Å². The standard InChI is InChI=1S/C20H30N2O2/c1-4-8-20(13-23)12-22(9-7-19(20)24)11-18-15(3)16-10-14(2)5-6-17(16)21-18/h5-6,10,19,21,23-24H,4,7-9,11-13H2,1-3H3/t19-,20-/m0/s1. The lowest BCUT2D eigenvalue weighted by atomic mass is 9.74. The van der Waals surface area contributed by atoms with Crippen LogP contribution in [0.15, 0.2) is 18.2 Å². The highest BCUT2D eigenvalue weighted by Crippen LogP contribution is 2.35. The molecule has 1 fully saturated rings. The summed E-state index contributed by atoms with van der Waals surface area (Å²) in [6.07, 6.45) is 2.19. The van der Waals surface area contributed by atoms with Gasteiger partial charge in [-0.15, -0.1) is 0 Å². The van der Waals surface area contributed by atoms with Gasteiger partial charge in [-0.1, -0.05) is 25.0 Å². The van der Waals surface area contributed by atoms with Crippen LogP contribution < -0.4 is 0 Å². The summed E-state index contributed by atoms with van der Waals surface area (Å²) in [7, 11) is 0. The number of piperidine rings is 1. The van der Waals surface area contributed by atoms with Crippen molar-refractivity contribution in [2.75, 3.05) is 19.7 Å². The number of aromatic nitrogens is 1. The summed E-state index contributed by atoms with van der Waals surface area (Å²) >= 11 is 0. The van der Waals surface area contributed by atoms with Crippen LogP contribution in [0.25, 0.3) is 10.9 Å². The van der Waals surface area contributed by atoms with Gasteiger partial charge in [0.2, 0.25) is 0 Å². The predicted octanol–water partition coefficient (Wildman–Crippen LogP) is 3.13. The molecule has 0 saturated carbocycles. The van der Waals surface area contributed by atoms with Gasteiger partial charge in [0.15, 0.2) is 0 Å². The van der Waals surface area contributed by atoms with Crippen LogP contribution in [-0.4, -0.2) is 45.9 Å². The summed E-state index contributed by atoms with van der Waals surface area (Å²) < 4.78 is 0. The van der Waals surface area contributed by atoms with Crippen molar-refractivity contribution in [2.24, 2.45) is 5.41 Å². The number of hydrogen-bond acceptors (Lipinski definition) is 3. The van der Waals surface area contributed by atoms with Gasteiger partial charge in [-0.05, 0) is 44.4 Å². The number of nitrogens with one attached hydrogen (secondary N) is 1. The van der Waals surface area contributed by atoms with Gasteiger partial charge in [-0.2, -0.15) is 0 Å². The largest absolute Gasteiger partial charge is 0.396 e. The third-order valence-electron chi connectivity index (χ3n) is 5.73. The summed E-state index contributed by atoms with van der Waals surface area (Å²) in [5, 5.41) is 21.7. The van der Waals surface area contributed by atoms with E-state index in [1.54, 1.807) is 0 Å². The average Bonchev–Trinajstić information content (AvgIpc) is 2.87. The van der Waals surface area contributed by atoms with Crippen molar-refractivity contribution in [1.29, 1.82) is 0 Å². The van der Waals surface area contributed by atoms with Crippen molar-refractivity contribution < 1.29 is 10.2 Å². The van der Waals surface area contributed by atoms with Gasteiger partial charge < -0.3 is 15.2 Å². The van der Waals surface area contributed by atoms with Crippen LogP contribution in [0.1, 0.15) is 43.0 Å². The highest BCUT2D eigenvalue weighted by molar-refractivity contribution is 5.85. The van der Waals surface area contributed by atoms with E-state index in [-0.39, 0.29) is 12.0 Å². The first-order valence-corrected chi connectivity index (χ1v) is 9.08. The van der Waals surface area contributed by atoms with Crippen molar-refractivity contribution in [3.8, 4) is 0 Å². The number of fused-ring (bicyclic) bond motifs is 1. The molecule has 3 rings (SSSR count). The first-order valence-electron chi connectivity index (χ1n) is 9.08. The molecule has 0 unspecified atom stereocenters. The Morgan fingerprint density at radius 1 is 1.33 bits per heavy atom. The molecule has 2 heterocycles. The molecular weight excluding hydrogens is 300 g/mol. The lowest BCUT2D eigenvalue weighted by Crippen LogP contribution is -2.53. The van der Waals surface area contributed by atoms with Crippen LogP contribution in [-0.2, 0) is 6.54 Å². The number of benzene rings is 1. The van der Waals surface area contributed by atoms with Crippen LogP contribution in [0.2, 0.25) is 0 Å². The average molecular weight is 330 g/mol. The second-order valence-corrected chi connectivity index (χ2v) is 7.56. The van der Waals surface area contributed by atoms with Crippen molar-refractivity contribution in [3.05, 3.63) is 35.0 Å². The Morgan fingerprint density at radius 3 is 2.83 bits per heavy atom. The molecule has 4 nitrogen and oxygen atoms in total. The van der Waals surface area contributed by atoms with Crippen molar-refractivity contribution >= 4 is 10.9 Å². The Kier molecular flexibility index (Phi) is 5.00. The van der Waals surface area contributed by atoms with Crippen molar-refractivity contribution in [1.82, 2.24) is 9.88 Å². The molecule has 2 atom stereocenters. The third-order valence-corrected chi connectivity index (χ3v) is 5.73. The fraction of sp³-hybridized carbons (Fsp3) is 0.600. The maximum absolute atomic E-state index is 10.4. The zero-order chi connectivity index (χ0) is 17.3. The number of nitrogens with zero attached hydrogens (tertiary/aromatic N) is 1. The number of hydrogen-bond donors (Lipinski definition) is 3. The molecule has 0 spiro atoms. The van der Waals surface area contributed by atoms with Gasteiger partial charge >= 0.3 is 0 Å². The molecule has 2 aromatic rings. The van der Waals surface area contributed by atoms with Crippen LogP contribution >= 0.6 is 0 Å². The second kappa shape index (κ2) is 6.87. The molecule has 1 aliphatic heterocycles.